The van der Waals surface area contributed by atoms with Gasteiger partial charge in [0.2, 0.25) is 0 Å². The van der Waals surface area contributed by atoms with E-state index in [1.807, 2.05) is 39.0 Å². The largest absolute Gasteiger partial charge is 0.460 e. The molecule has 5 nitrogen and oxygen atoms in total. The van der Waals surface area contributed by atoms with Crippen LogP contribution in [0.25, 0.3) is 0 Å². The summed E-state index contributed by atoms with van der Waals surface area (Å²) in [5, 5.41) is 3.37. The van der Waals surface area contributed by atoms with Crippen LogP contribution >= 0.6 is 0 Å². The number of nitrogens with one attached hydrogen (secondary N) is 1. The van der Waals surface area contributed by atoms with Crippen LogP contribution in [0.15, 0.2) is 30.3 Å². The normalized spacial score (nSPS) is 15.8. The van der Waals surface area contributed by atoms with Gasteiger partial charge in [-0.3, -0.25) is 9.59 Å². The first kappa shape index (κ1) is 26.4. The fourth-order valence-corrected chi connectivity index (χ4v) is 4.28. The SMILES string of the molecule is CC(C)(C)OC(=O)CCCCCCCCCCC(=O)OC1(c2ccccc2)CCNCC1. The molecule has 0 spiro atoms. The molecule has 1 fully saturated rings. The number of benzene rings is 1. The van der Waals surface area contributed by atoms with E-state index in [4.69, 9.17) is 9.47 Å². The molecule has 1 aromatic rings. The van der Waals surface area contributed by atoms with Crippen molar-refractivity contribution in [3.05, 3.63) is 35.9 Å². The van der Waals surface area contributed by atoms with Gasteiger partial charge in [-0.1, -0.05) is 68.9 Å². The zero-order valence-corrected chi connectivity index (χ0v) is 20.4. The van der Waals surface area contributed by atoms with Gasteiger partial charge in [-0.2, -0.15) is 0 Å². The van der Waals surface area contributed by atoms with Crippen LogP contribution in [0.3, 0.4) is 0 Å². The molecule has 1 aliphatic rings. The van der Waals surface area contributed by atoms with Crippen molar-refractivity contribution in [3.8, 4) is 0 Å². The summed E-state index contributed by atoms with van der Waals surface area (Å²) >= 11 is 0. The quantitative estimate of drug-likeness (QED) is 0.296. The minimum atomic E-state index is -0.469. The molecule has 0 aliphatic carbocycles. The molecular formula is C27H43NO4. The first-order chi connectivity index (χ1) is 15.3. The van der Waals surface area contributed by atoms with Crippen molar-refractivity contribution in [2.75, 3.05) is 13.1 Å². The summed E-state index contributed by atoms with van der Waals surface area (Å²) < 4.78 is 11.4. The Bertz CT molecular complexity index is 675. The van der Waals surface area contributed by atoms with E-state index in [1.165, 1.54) is 12.8 Å². The Kier molecular flexibility index (Phi) is 11.2. The van der Waals surface area contributed by atoms with Crippen LogP contribution in [0, 0.1) is 0 Å². The van der Waals surface area contributed by atoms with Crippen LogP contribution in [0.5, 0.6) is 0 Å². The third-order valence-electron chi connectivity index (χ3n) is 5.95. The lowest BCUT2D eigenvalue weighted by Gasteiger charge is -2.37. The number of esters is 2. The van der Waals surface area contributed by atoms with E-state index in [0.29, 0.717) is 12.8 Å². The molecule has 0 aromatic heterocycles. The van der Waals surface area contributed by atoms with Crippen LogP contribution in [0.1, 0.15) is 103 Å². The number of unbranched alkanes of at least 4 members (excludes halogenated alkanes) is 7. The van der Waals surface area contributed by atoms with Crippen molar-refractivity contribution in [3.63, 3.8) is 0 Å². The number of rotatable bonds is 13. The van der Waals surface area contributed by atoms with Crippen LogP contribution in [-0.4, -0.2) is 30.6 Å². The highest BCUT2D eigenvalue weighted by molar-refractivity contribution is 5.70. The average molecular weight is 446 g/mol. The Hall–Kier alpha value is -1.88. The minimum absolute atomic E-state index is 0.0714. The van der Waals surface area contributed by atoms with Crippen molar-refractivity contribution in [2.24, 2.45) is 0 Å². The smallest absolute Gasteiger partial charge is 0.306 e. The Morgan fingerprint density at radius 2 is 1.31 bits per heavy atom. The van der Waals surface area contributed by atoms with E-state index in [-0.39, 0.29) is 17.5 Å². The van der Waals surface area contributed by atoms with Gasteiger partial charge in [-0.15, -0.1) is 0 Å². The Labute approximate surface area is 194 Å². The van der Waals surface area contributed by atoms with Gasteiger partial charge in [0.25, 0.3) is 0 Å². The number of hydrogen-bond acceptors (Lipinski definition) is 5. The van der Waals surface area contributed by atoms with Crippen molar-refractivity contribution in [1.29, 1.82) is 0 Å². The molecule has 1 saturated heterocycles. The number of ether oxygens (including phenoxy) is 2. The van der Waals surface area contributed by atoms with Gasteiger partial charge in [-0.25, -0.2) is 0 Å². The number of piperidine rings is 1. The molecule has 0 radical (unpaired) electrons. The lowest BCUT2D eigenvalue weighted by Crippen LogP contribution is -2.43. The second-order valence-corrected chi connectivity index (χ2v) is 10.00. The van der Waals surface area contributed by atoms with Gasteiger partial charge in [0.1, 0.15) is 11.2 Å². The summed E-state index contributed by atoms with van der Waals surface area (Å²) in [6.07, 6.45) is 11.3. The number of carbonyl (C=O) groups excluding carboxylic acids is 2. The number of hydrogen-bond donors (Lipinski definition) is 1. The monoisotopic (exact) mass is 445 g/mol. The lowest BCUT2D eigenvalue weighted by atomic mass is 9.84. The van der Waals surface area contributed by atoms with Gasteiger partial charge < -0.3 is 14.8 Å². The lowest BCUT2D eigenvalue weighted by molar-refractivity contribution is -0.164. The highest BCUT2D eigenvalue weighted by atomic mass is 16.6. The molecule has 0 unspecified atom stereocenters. The first-order valence-corrected chi connectivity index (χ1v) is 12.5. The van der Waals surface area contributed by atoms with Gasteiger partial charge in [0, 0.05) is 25.7 Å². The van der Waals surface area contributed by atoms with Crippen molar-refractivity contribution in [2.45, 2.75) is 109 Å². The minimum Gasteiger partial charge on any atom is -0.460 e. The van der Waals surface area contributed by atoms with Crippen molar-refractivity contribution < 1.29 is 19.1 Å². The maximum Gasteiger partial charge on any atom is 0.306 e. The van der Waals surface area contributed by atoms with Crippen LogP contribution < -0.4 is 5.32 Å². The predicted octanol–water partition coefficient (Wildman–Crippen LogP) is 6.05. The van der Waals surface area contributed by atoms with Gasteiger partial charge in [0.15, 0.2) is 0 Å². The number of carbonyl (C=O) groups is 2. The van der Waals surface area contributed by atoms with Crippen molar-refractivity contribution in [1.82, 2.24) is 5.32 Å². The summed E-state index contributed by atoms with van der Waals surface area (Å²) in [5.74, 6) is -0.166. The Morgan fingerprint density at radius 1 is 0.812 bits per heavy atom. The van der Waals surface area contributed by atoms with Gasteiger partial charge >= 0.3 is 11.9 Å². The zero-order valence-electron chi connectivity index (χ0n) is 20.4. The summed E-state index contributed by atoms with van der Waals surface area (Å²) in [6, 6.07) is 10.2. The van der Waals surface area contributed by atoms with Gasteiger partial charge in [-0.05, 0) is 52.3 Å². The summed E-state index contributed by atoms with van der Waals surface area (Å²) in [4.78, 5) is 24.2. The highest BCUT2D eigenvalue weighted by Crippen LogP contribution is 2.35. The second-order valence-electron chi connectivity index (χ2n) is 10.00. The molecule has 0 amide bonds. The van der Waals surface area contributed by atoms with E-state index >= 15 is 0 Å². The van der Waals surface area contributed by atoms with E-state index in [1.54, 1.807) is 0 Å². The standard InChI is InChI=1S/C27H43NO4/c1-26(2,3)31-24(29)17-13-8-6-4-5-7-9-14-18-25(30)32-27(19-21-28-22-20-27)23-15-11-10-12-16-23/h10-12,15-16,28H,4-9,13-14,17-22H2,1-3H3. The first-order valence-electron chi connectivity index (χ1n) is 12.5. The summed E-state index contributed by atoms with van der Waals surface area (Å²) in [7, 11) is 0. The van der Waals surface area contributed by atoms with Crippen LogP contribution in [-0.2, 0) is 24.7 Å². The molecule has 1 heterocycles. The van der Waals surface area contributed by atoms with E-state index in [2.05, 4.69) is 17.4 Å². The predicted molar refractivity (Wildman–Crippen MR) is 128 cm³/mol. The fourth-order valence-electron chi connectivity index (χ4n) is 4.28. The Balaban J connectivity index is 1.53. The Morgan fingerprint density at radius 3 is 1.84 bits per heavy atom. The molecular weight excluding hydrogens is 402 g/mol. The maximum atomic E-state index is 12.6. The fraction of sp³-hybridized carbons (Fsp3) is 0.704. The van der Waals surface area contributed by atoms with E-state index in [0.717, 1.165) is 70.0 Å². The van der Waals surface area contributed by atoms with E-state index < -0.39 is 5.60 Å². The molecule has 0 bridgehead atoms. The summed E-state index contributed by atoms with van der Waals surface area (Å²) in [6.45, 7) is 7.46. The van der Waals surface area contributed by atoms with Crippen LogP contribution in [0.4, 0.5) is 0 Å². The van der Waals surface area contributed by atoms with Crippen molar-refractivity contribution >= 4 is 11.9 Å². The molecule has 32 heavy (non-hydrogen) atoms. The summed E-state index contributed by atoms with van der Waals surface area (Å²) in [5.41, 5.74) is 0.254. The van der Waals surface area contributed by atoms with Gasteiger partial charge in [0.05, 0.1) is 0 Å². The third kappa shape index (κ3) is 10.2. The molecule has 0 atom stereocenters. The zero-order chi connectivity index (χ0) is 23.3. The molecule has 2 rings (SSSR count). The van der Waals surface area contributed by atoms with E-state index in [9.17, 15) is 9.59 Å². The molecule has 5 heteroatoms. The molecule has 1 N–H and O–H groups in total. The average Bonchev–Trinajstić information content (AvgIpc) is 2.75. The molecule has 1 aliphatic heterocycles. The third-order valence-corrected chi connectivity index (χ3v) is 5.95. The van der Waals surface area contributed by atoms with Crippen LogP contribution in [0.2, 0.25) is 0 Å². The second kappa shape index (κ2) is 13.6. The topological polar surface area (TPSA) is 64.6 Å². The maximum absolute atomic E-state index is 12.6. The molecule has 1 aromatic carbocycles. The molecule has 0 saturated carbocycles. The molecule has 180 valence electrons. The highest BCUT2D eigenvalue weighted by Gasteiger charge is 2.37.